The van der Waals surface area contributed by atoms with E-state index in [9.17, 15) is 13.5 Å². The summed E-state index contributed by atoms with van der Waals surface area (Å²) in [6, 6.07) is 0. The lowest BCUT2D eigenvalue weighted by Crippen LogP contribution is -2.21. The van der Waals surface area contributed by atoms with Gasteiger partial charge in [-0.25, -0.2) is 8.42 Å². The molecule has 4 heteroatoms. The van der Waals surface area contributed by atoms with Crippen molar-refractivity contribution < 1.29 is 13.5 Å². The lowest BCUT2D eigenvalue weighted by atomic mass is 9.97. The number of sulfone groups is 1. The molecule has 2 unspecified atom stereocenters. The van der Waals surface area contributed by atoms with Crippen molar-refractivity contribution >= 4 is 9.84 Å². The van der Waals surface area contributed by atoms with Gasteiger partial charge in [-0.2, -0.15) is 0 Å². The van der Waals surface area contributed by atoms with Crippen LogP contribution in [0.15, 0.2) is 23.1 Å². The minimum Gasteiger partial charge on any atom is -0.388 e. The van der Waals surface area contributed by atoms with Gasteiger partial charge in [-0.3, -0.25) is 0 Å². The van der Waals surface area contributed by atoms with E-state index in [2.05, 4.69) is 0 Å². The van der Waals surface area contributed by atoms with E-state index in [0.29, 0.717) is 0 Å². The monoisotopic (exact) mass is 202 g/mol. The smallest absolute Gasteiger partial charge is 0.172 e. The van der Waals surface area contributed by atoms with Crippen molar-refractivity contribution in [2.75, 3.05) is 5.75 Å². The van der Waals surface area contributed by atoms with Crippen LogP contribution < -0.4 is 0 Å². The normalized spacial score (nSPS) is 29.2. The topological polar surface area (TPSA) is 54.4 Å². The fourth-order valence-electron chi connectivity index (χ4n) is 1.50. The molecule has 1 heterocycles. The Morgan fingerprint density at radius 3 is 2.69 bits per heavy atom. The van der Waals surface area contributed by atoms with Gasteiger partial charge in [-0.15, -0.1) is 0 Å². The van der Waals surface area contributed by atoms with Gasteiger partial charge in [0.25, 0.3) is 0 Å². The third-order valence-electron chi connectivity index (χ3n) is 2.16. The Labute approximate surface area is 78.7 Å². The van der Waals surface area contributed by atoms with Crippen molar-refractivity contribution in [3.63, 3.8) is 0 Å². The van der Waals surface area contributed by atoms with Crippen LogP contribution in [-0.4, -0.2) is 25.4 Å². The van der Waals surface area contributed by atoms with Gasteiger partial charge < -0.3 is 5.11 Å². The molecule has 3 nitrogen and oxygen atoms in total. The second kappa shape index (κ2) is 3.64. The molecule has 74 valence electrons. The number of hydrogen-bond acceptors (Lipinski definition) is 3. The predicted octanol–water partition coefficient (Wildman–Crippen LogP) is 0.872. The van der Waals surface area contributed by atoms with Gasteiger partial charge in [0.15, 0.2) is 9.84 Å². The minimum absolute atomic E-state index is 0.0321. The molecular formula is C9H14O3S. The molecule has 0 aromatic carbocycles. The van der Waals surface area contributed by atoms with E-state index >= 15 is 0 Å². The molecule has 0 saturated carbocycles. The Hall–Kier alpha value is -0.610. The van der Waals surface area contributed by atoms with Crippen LogP contribution in [0.3, 0.4) is 0 Å². The SMILES string of the molecule is C/C=C/C(O)C1CS(=O)(=O)C=C1C. The molecule has 0 aromatic rings. The Bertz CT molecular complexity index is 338. The molecule has 0 bridgehead atoms. The van der Waals surface area contributed by atoms with Crippen LogP contribution >= 0.6 is 0 Å². The zero-order chi connectivity index (χ0) is 10.1. The summed E-state index contributed by atoms with van der Waals surface area (Å²) in [7, 11) is -3.06. The molecule has 1 N–H and O–H groups in total. The number of aliphatic hydroxyl groups excluding tert-OH is 1. The van der Waals surface area contributed by atoms with Crippen LogP contribution in [0.25, 0.3) is 0 Å². The zero-order valence-electron chi connectivity index (χ0n) is 7.77. The molecule has 0 saturated heterocycles. The summed E-state index contributed by atoms with van der Waals surface area (Å²) in [6.45, 7) is 3.54. The van der Waals surface area contributed by atoms with Crippen LogP contribution in [0.5, 0.6) is 0 Å². The quantitative estimate of drug-likeness (QED) is 0.676. The maximum absolute atomic E-state index is 11.1. The molecule has 0 amide bonds. The molecule has 2 atom stereocenters. The second-order valence-electron chi connectivity index (χ2n) is 3.31. The lowest BCUT2D eigenvalue weighted by Gasteiger charge is -2.14. The molecule has 0 spiro atoms. The van der Waals surface area contributed by atoms with E-state index in [0.717, 1.165) is 5.57 Å². The first-order valence-corrected chi connectivity index (χ1v) is 5.89. The summed E-state index contributed by atoms with van der Waals surface area (Å²) >= 11 is 0. The summed E-state index contributed by atoms with van der Waals surface area (Å²) in [5.41, 5.74) is 0.741. The Morgan fingerprint density at radius 1 is 1.69 bits per heavy atom. The average Bonchev–Trinajstić information content (AvgIpc) is 2.25. The maximum atomic E-state index is 11.1. The van der Waals surface area contributed by atoms with Gasteiger partial charge in [0.2, 0.25) is 0 Å². The molecule has 0 radical (unpaired) electrons. The molecule has 0 fully saturated rings. The standard InChI is InChI=1S/C9H14O3S/c1-3-4-9(10)8-6-13(11,12)5-7(8)2/h3-5,8-10H,6H2,1-2H3/b4-3+. The number of rotatable bonds is 2. The summed E-state index contributed by atoms with van der Waals surface area (Å²) in [5.74, 6) is -0.231. The van der Waals surface area contributed by atoms with Crippen LogP contribution in [0.1, 0.15) is 13.8 Å². The van der Waals surface area contributed by atoms with Crippen molar-refractivity contribution in [2.24, 2.45) is 5.92 Å². The number of hydrogen-bond donors (Lipinski definition) is 1. The van der Waals surface area contributed by atoms with E-state index in [1.807, 2.05) is 0 Å². The van der Waals surface area contributed by atoms with Crippen LogP contribution in [0.2, 0.25) is 0 Å². The third kappa shape index (κ3) is 2.42. The highest BCUT2D eigenvalue weighted by atomic mass is 32.2. The molecule has 1 rings (SSSR count). The Kier molecular flexibility index (Phi) is 2.93. The highest BCUT2D eigenvalue weighted by Gasteiger charge is 2.30. The predicted molar refractivity (Wildman–Crippen MR) is 51.9 cm³/mol. The second-order valence-corrected chi connectivity index (χ2v) is 5.21. The van der Waals surface area contributed by atoms with Crippen molar-refractivity contribution in [1.29, 1.82) is 0 Å². The first-order valence-electron chi connectivity index (χ1n) is 4.18. The highest BCUT2D eigenvalue weighted by molar-refractivity contribution is 7.94. The van der Waals surface area contributed by atoms with Crippen LogP contribution in [-0.2, 0) is 9.84 Å². The molecular weight excluding hydrogens is 188 g/mol. The van der Waals surface area contributed by atoms with E-state index < -0.39 is 15.9 Å². The molecule has 1 aliphatic heterocycles. The van der Waals surface area contributed by atoms with E-state index in [1.165, 1.54) is 5.41 Å². The van der Waals surface area contributed by atoms with Gasteiger partial charge >= 0.3 is 0 Å². The Morgan fingerprint density at radius 2 is 2.31 bits per heavy atom. The van der Waals surface area contributed by atoms with Gasteiger partial charge in [0.1, 0.15) is 0 Å². The number of aliphatic hydroxyl groups is 1. The largest absolute Gasteiger partial charge is 0.388 e. The first-order chi connectivity index (χ1) is 5.96. The summed E-state index contributed by atoms with van der Waals surface area (Å²) in [4.78, 5) is 0. The van der Waals surface area contributed by atoms with E-state index in [-0.39, 0.29) is 11.7 Å². The number of allylic oxidation sites excluding steroid dienone is 1. The van der Waals surface area contributed by atoms with E-state index in [1.54, 1.807) is 26.0 Å². The van der Waals surface area contributed by atoms with Crippen molar-refractivity contribution in [1.82, 2.24) is 0 Å². The minimum atomic E-state index is -3.06. The third-order valence-corrected chi connectivity index (χ3v) is 3.72. The summed E-state index contributed by atoms with van der Waals surface area (Å²) in [6.07, 6.45) is 2.66. The summed E-state index contributed by atoms with van der Waals surface area (Å²) < 4.78 is 22.3. The molecule has 1 aliphatic rings. The first kappa shape index (κ1) is 10.5. The highest BCUT2D eigenvalue weighted by Crippen LogP contribution is 2.26. The van der Waals surface area contributed by atoms with Gasteiger partial charge in [0, 0.05) is 11.3 Å². The van der Waals surface area contributed by atoms with Crippen molar-refractivity contribution in [3.8, 4) is 0 Å². The van der Waals surface area contributed by atoms with Gasteiger partial charge in [0.05, 0.1) is 11.9 Å². The fraction of sp³-hybridized carbons (Fsp3) is 0.556. The maximum Gasteiger partial charge on any atom is 0.172 e. The van der Waals surface area contributed by atoms with Gasteiger partial charge in [-0.05, 0) is 13.8 Å². The fourth-order valence-corrected chi connectivity index (χ4v) is 3.30. The summed E-state index contributed by atoms with van der Waals surface area (Å²) in [5, 5.41) is 10.8. The van der Waals surface area contributed by atoms with E-state index in [4.69, 9.17) is 0 Å². The van der Waals surface area contributed by atoms with Crippen LogP contribution in [0, 0.1) is 5.92 Å². The van der Waals surface area contributed by atoms with Gasteiger partial charge in [-0.1, -0.05) is 17.7 Å². The zero-order valence-corrected chi connectivity index (χ0v) is 8.58. The lowest BCUT2D eigenvalue weighted by molar-refractivity contribution is 0.182. The van der Waals surface area contributed by atoms with Crippen molar-refractivity contribution in [2.45, 2.75) is 20.0 Å². The van der Waals surface area contributed by atoms with Crippen LogP contribution in [0.4, 0.5) is 0 Å². The molecule has 0 aromatic heterocycles. The van der Waals surface area contributed by atoms with Crippen molar-refractivity contribution in [3.05, 3.63) is 23.1 Å². The molecule has 0 aliphatic carbocycles. The molecule has 13 heavy (non-hydrogen) atoms. The Balaban J connectivity index is 2.83. The average molecular weight is 202 g/mol.